The Morgan fingerprint density at radius 3 is 2.41 bits per heavy atom. The number of quaternary nitrogens is 1. The summed E-state index contributed by atoms with van der Waals surface area (Å²) in [4.78, 5) is 14.2. The molecular formula is C19H19FN5O3S+. The number of nitro groups is 1. The third-order valence-electron chi connectivity index (χ3n) is 4.97. The van der Waals surface area contributed by atoms with Crippen LogP contribution >= 0.6 is 12.2 Å². The number of aromatic nitrogens is 2. The molecule has 8 nitrogen and oxygen atoms in total. The number of benzene rings is 2. The van der Waals surface area contributed by atoms with E-state index in [1.54, 1.807) is 28.9 Å². The lowest BCUT2D eigenvalue weighted by atomic mass is 10.2. The van der Waals surface area contributed by atoms with Crippen molar-refractivity contribution in [2.24, 2.45) is 0 Å². The lowest BCUT2D eigenvalue weighted by Gasteiger charge is -2.33. The molecule has 0 amide bonds. The maximum atomic E-state index is 13.1. The van der Waals surface area contributed by atoms with Gasteiger partial charge in [-0.1, -0.05) is 0 Å². The van der Waals surface area contributed by atoms with E-state index in [0.717, 1.165) is 31.9 Å². The Morgan fingerprint density at radius 1 is 1.14 bits per heavy atom. The van der Waals surface area contributed by atoms with Crippen molar-refractivity contribution in [2.75, 3.05) is 31.1 Å². The molecule has 29 heavy (non-hydrogen) atoms. The first-order valence-electron chi connectivity index (χ1n) is 9.16. The van der Waals surface area contributed by atoms with Gasteiger partial charge in [0.2, 0.25) is 5.89 Å². The lowest BCUT2D eigenvalue weighted by molar-refractivity contribution is -0.924. The first kappa shape index (κ1) is 19.2. The second-order valence-corrected chi connectivity index (χ2v) is 7.20. The van der Waals surface area contributed by atoms with Gasteiger partial charge in [-0.3, -0.25) is 10.1 Å². The van der Waals surface area contributed by atoms with Gasteiger partial charge in [-0.15, -0.1) is 5.10 Å². The molecule has 2 aromatic carbocycles. The minimum Gasteiger partial charge on any atom is -0.409 e. The number of nitrogens with zero attached hydrogens (tertiary/aromatic N) is 4. The van der Waals surface area contributed by atoms with E-state index in [4.69, 9.17) is 16.6 Å². The van der Waals surface area contributed by atoms with Gasteiger partial charge in [0.1, 0.15) is 5.82 Å². The number of nitrogens with one attached hydrogen (secondary N) is 1. The number of hydrogen-bond acceptors (Lipinski definition) is 6. The molecule has 1 aromatic heterocycles. The molecule has 1 N–H and O–H groups in total. The fourth-order valence-electron chi connectivity index (χ4n) is 3.35. The van der Waals surface area contributed by atoms with Gasteiger partial charge in [-0.05, 0) is 48.6 Å². The summed E-state index contributed by atoms with van der Waals surface area (Å²) in [5, 5.41) is 15.2. The molecule has 1 aliphatic rings. The highest BCUT2D eigenvalue weighted by Gasteiger charge is 2.22. The van der Waals surface area contributed by atoms with Crippen molar-refractivity contribution in [3.8, 4) is 11.5 Å². The smallest absolute Gasteiger partial charge is 0.292 e. The normalized spacial score (nSPS) is 14.9. The summed E-state index contributed by atoms with van der Waals surface area (Å²) in [5.74, 6) is 0.0565. The molecule has 0 atom stereocenters. The Morgan fingerprint density at radius 2 is 1.79 bits per heavy atom. The van der Waals surface area contributed by atoms with Crippen LogP contribution in [0.15, 0.2) is 52.9 Å². The summed E-state index contributed by atoms with van der Waals surface area (Å²) >= 11 is 5.28. The van der Waals surface area contributed by atoms with Gasteiger partial charge >= 0.3 is 0 Å². The highest BCUT2D eigenvalue weighted by Crippen LogP contribution is 2.20. The van der Waals surface area contributed by atoms with Crippen LogP contribution in [-0.2, 0) is 6.67 Å². The number of halogens is 1. The van der Waals surface area contributed by atoms with E-state index in [9.17, 15) is 14.5 Å². The molecule has 0 radical (unpaired) electrons. The maximum Gasteiger partial charge on any atom is 0.292 e. The van der Waals surface area contributed by atoms with Gasteiger partial charge in [-0.2, -0.15) is 4.68 Å². The Hall–Kier alpha value is -3.11. The van der Waals surface area contributed by atoms with Gasteiger partial charge in [-0.25, -0.2) is 4.39 Å². The largest absolute Gasteiger partial charge is 0.409 e. The van der Waals surface area contributed by atoms with Crippen LogP contribution in [0.1, 0.15) is 0 Å². The number of rotatable bonds is 5. The Bertz CT molecular complexity index is 1060. The van der Waals surface area contributed by atoms with Gasteiger partial charge in [0.05, 0.1) is 31.1 Å². The highest BCUT2D eigenvalue weighted by molar-refractivity contribution is 7.71. The summed E-state index contributed by atoms with van der Waals surface area (Å²) in [5.41, 5.74) is 1.75. The van der Waals surface area contributed by atoms with Crippen molar-refractivity contribution < 1.29 is 18.6 Å². The van der Waals surface area contributed by atoms with Gasteiger partial charge in [0.15, 0.2) is 6.67 Å². The molecule has 4 rings (SSSR count). The van der Waals surface area contributed by atoms with Crippen molar-refractivity contribution >= 4 is 23.6 Å². The number of piperazine rings is 1. The van der Waals surface area contributed by atoms with Crippen molar-refractivity contribution in [3.63, 3.8) is 0 Å². The van der Waals surface area contributed by atoms with Gasteiger partial charge in [0, 0.05) is 23.4 Å². The second-order valence-electron chi connectivity index (χ2n) is 6.85. The predicted molar refractivity (Wildman–Crippen MR) is 107 cm³/mol. The van der Waals surface area contributed by atoms with Crippen LogP contribution < -0.4 is 9.80 Å². The summed E-state index contributed by atoms with van der Waals surface area (Å²) in [6, 6.07) is 12.6. The van der Waals surface area contributed by atoms with Crippen molar-refractivity contribution in [1.29, 1.82) is 0 Å². The quantitative estimate of drug-likeness (QED) is 0.390. The second kappa shape index (κ2) is 8.10. The van der Waals surface area contributed by atoms with E-state index in [1.807, 2.05) is 0 Å². The van der Waals surface area contributed by atoms with Gasteiger partial charge < -0.3 is 14.2 Å². The molecule has 0 unspecified atom stereocenters. The highest BCUT2D eigenvalue weighted by atomic mass is 32.1. The molecule has 0 saturated carbocycles. The Balaban J connectivity index is 1.38. The van der Waals surface area contributed by atoms with E-state index in [2.05, 4.69) is 10.00 Å². The molecule has 150 valence electrons. The van der Waals surface area contributed by atoms with Crippen LogP contribution in [0.4, 0.5) is 15.8 Å². The van der Waals surface area contributed by atoms with E-state index in [-0.39, 0.29) is 16.3 Å². The zero-order chi connectivity index (χ0) is 20.4. The third-order valence-corrected chi connectivity index (χ3v) is 5.26. The lowest BCUT2D eigenvalue weighted by Crippen LogP contribution is -3.14. The maximum absolute atomic E-state index is 13.1. The summed E-state index contributed by atoms with van der Waals surface area (Å²) in [6.07, 6.45) is 0. The van der Waals surface area contributed by atoms with Crippen molar-refractivity contribution in [1.82, 2.24) is 9.78 Å². The average molecular weight is 416 g/mol. The molecule has 2 heterocycles. The zero-order valence-corrected chi connectivity index (χ0v) is 16.3. The number of hydrogen-bond donors (Lipinski definition) is 1. The first-order valence-corrected chi connectivity index (χ1v) is 9.57. The zero-order valence-electron chi connectivity index (χ0n) is 15.5. The van der Waals surface area contributed by atoms with E-state index in [0.29, 0.717) is 18.1 Å². The van der Waals surface area contributed by atoms with E-state index < -0.39 is 4.92 Å². The predicted octanol–water partition coefficient (Wildman–Crippen LogP) is 2.28. The fraction of sp³-hybridized carbons (Fsp3) is 0.263. The van der Waals surface area contributed by atoms with Crippen LogP contribution in [-0.4, -0.2) is 40.9 Å². The molecule has 10 heteroatoms. The number of non-ortho nitro benzene ring substituents is 1. The molecule has 1 fully saturated rings. The number of anilines is 1. The summed E-state index contributed by atoms with van der Waals surface area (Å²) in [7, 11) is 0. The summed E-state index contributed by atoms with van der Waals surface area (Å²) in [6.45, 7) is 3.97. The molecule has 0 spiro atoms. The number of nitro benzene ring substituents is 1. The Labute approximate surface area is 170 Å². The third kappa shape index (κ3) is 4.33. The molecular weight excluding hydrogens is 397 g/mol. The van der Waals surface area contributed by atoms with Crippen molar-refractivity contribution in [3.05, 3.63) is 69.3 Å². The van der Waals surface area contributed by atoms with Crippen LogP contribution in [0.2, 0.25) is 0 Å². The minimum absolute atomic E-state index is 0.0929. The average Bonchev–Trinajstić information content (AvgIpc) is 3.09. The molecule has 3 aromatic rings. The Kier molecular flexibility index (Phi) is 5.36. The van der Waals surface area contributed by atoms with Crippen LogP contribution in [0.3, 0.4) is 0 Å². The summed E-state index contributed by atoms with van der Waals surface area (Å²) < 4.78 is 20.3. The van der Waals surface area contributed by atoms with Crippen LogP contribution in [0, 0.1) is 20.8 Å². The van der Waals surface area contributed by atoms with Gasteiger partial charge in [0.25, 0.3) is 10.5 Å². The molecule has 1 aliphatic heterocycles. The monoisotopic (exact) mass is 416 g/mol. The van der Waals surface area contributed by atoms with E-state index >= 15 is 0 Å². The topological polar surface area (TPSA) is 81.8 Å². The van der Waals surface area contributed by atoms with Crippen LogP contribution in [0.25, 0.3) is 11.5 Å². The molecule has 1 saturated heterocycles. The van der Waals surface area contributed by atoms with Crippen LogP contribution in [0.5, 0.6) is 0 Å². The fourth-order valence-corrected chi connectivity index (χ4v) is 3.54. The molecule has 0 aliphatic carbocycles. The van der Waals surface area contributed by atoms with Crippen molar-refractivity contribution in [2.45, 2.75) is 6.67 Å². The standard InChI is InChI=1S/C19H18FN5O3S/c20-15-3-1-14(2-4-15)18-21-24(19(29)28-18)13-22-9-11-23(12-10-22)16-5-7-17(8-6-16)25(26)27/h1-8H,9-13H2/p+1. The first-order chi connectivity index (χ1) is 14.0. The van der Waals surface area contributed by atoms with E-state index in [1.165, 1.54) is 29.2 Å². The molecule has 0 bridgehead atoms. The minimum atomic E-state index is -0.395. The SMILES string of the molecule is O=[N+]([O-])c1ccc(N2CC[NH+](Cn3nc(-c4ccc(F)cc4)oc3=S)CC2)cc1.